The fourth-order valence-electron chi connectivity index (χ4n) is 1.61. The van der Waals surface area contributed by atoms with Gasteiger partial charge >= 0.3 is 0 Å². The average Bonchev–Trinajstić information content (AvgIpc) is 2.69. The maximum absolute atomic E-state index is 6.03. The topological polar surface area (TPSA) is 80.5 Å². The molecule has 78 valence electrons. The molecule has 5 heteroatoms. The summed E-state index contributed by atoms with van der Waals surface area (Å²) >= 11 is 0. The van der Waals surface area contributed by atoms with Crippen molar-refractivity contribution in [1.82, 2.24) is 20.6 Å². The fourth-order valence-corrected chi connectivity index (χ4v) is 1.61. The Hall–Kier alpha value is -1.75. The molecule has 0 fully saturated rings. The molecule has 2 aromatic rings. The lowest BCUT2D eigenvalue weighted by molar-refractivity contribution is 0.779. The molecule has 0 saturated carbocycles. The number of hydrogen-bond acceptors (Lipinski definition) is 4. The number of hydrogen-bond donors (Lipinski definition) is 2. The van der Waals surface area contributed by atoms with Crippen LogP contribution in [0.4, 0.5) is 0 Å². The molecule has 15 heavy (non-hydrogen) atoms. The number of aromatic amines is 1. The monoisotopic (exact) mass is 203 g/mol. The van der Waals surface area contributed by atoms with Gasteiger partial charge < -0.3 is 5.73 Å². The van der Waals surface area contributed by atoms with Crippen LogP contribution in [0.5, 0.6) is 0 Å². The van der Waals surface area contributed by atoms with E-state index in [1.54, 1.807) is 0 Å². The van der Waals surface area contributed by atoms with E-state index in [0.717, 1.165) is 11.1 Å². The van der Waals surface area contributed by atoms with Crippen molar-refractivity contribution < 1.29 is 0 Å². The average molecular weight is 203 g/mol. The van der Waals surface area contributed by atoms with Crippen molar-refractivity contribution in [3.63, 3.8) is 0 Å². The summed E-state index contributed by atoms with van der Waals surface area (Å²) in [7, 11) is 0. The molecule has 3 N–H and O–H groups in total. The molecule has 0 amide bonds. The molecule has 1 aromatic heterocycles. The predicted molar refractivity (Wildman–Crippen MR) is 56.1 cm³/mol. The third kappa shape index (κ3) is 1.87. The number of tetrazole rings is 1. The van der Waals surface area contributed by atoms with Gasteiger partial charge in [0, 0.05) is 0 Å². The third-order valence-corrected chi connectivity index (χ3v) is 2.40. The zero-order chi connectivity index (χ0) is 10.8. The van der Waals surface area contributed by atoms with Crippen LogP contribution in [0.25, 0.3) is 0 Å². The molecule has 1 atom stereocenters. The van der Waals surface area contributed by atoms with E-state index < -0.39 is 0 Å². The highest BCUT2D eigenvalue weighted by atomic mass is 15.5. The first-order valence-electron chi connectivity index (χ1n) is 4.74. The maximum atomic E-state index is 6.03. The normalized spacial score (nSPS) is 12.7. The lowest BCUT2D eigenvalue weighted by Gasteiger charge is -2.11. The fraction of sp³-hybridized carbons (Fsp3) is 0.300. The van der Waals surface area contributed by atoms with Gasteiger partial charge in [0.25, 0.3) is 0 Å². The molecular formula is C10H13N5. The van der Waals surface area contributed by atoms with Crippen LogP contribution in [0.1, 0.15) is 28.6 Å². The van der Waals surface area contributed by atoms with Gasteiger partial charge in [-0.15, -0.1) is 10.2 Å². The van der Waals surface area contributed by atoms with E-state index in [1.807, 2.05) is 19.1 Å². The Morgan fingerprint density at radius 3 is 2.73 bits per heavy atom. The summed E-state index contributed by atoms with van der Waals surface area (Å²) in [5, 5.41) is 13.7. The molecule has 0 aliphatic carbocycles. The predicted octanol–water partition coefficient (Wildman–Crippen LogP) is 0.865. The smallest absolute Gasteiger partial charge is 0.195 e. The molecule has 0 spiro atoms. The standard InChI is InChI=1S/C10H13N5/c1-6-3-4-8(7(2)5-6)9(11)10-12-14-15-13-10/h3-5,9H,11H2,1-2H3,(H,12,13,14,15). The van der Waals surface area contributed by atoms with Crippen LogP contribution in [0.15, 0.2) is 18.2 Å². The quantitative estimate of drug-likeness (QED) is 0.758. The van der Waals surface area contributed by atoms with Crippen molar-refractivity contribution in [3.8, 4) is 0 Å². The van der Waals surface area contributed by atoms with Gasteiger partial charge in [0.1, 0.15) is 0 Å². The highest BCUT2D eigenvalue weighted by Crippen LogP contribution is 2.20. The van der Waals surface area contributed by atoms with Crippen LogP contribution in [0, 0.1) is 13.8 Å². The molecule has 0 radical (unpaired) electrons. The Balaban J connectivity index is 2.38. The van der Waals surface area contributed by atoms with E-state index in [2.05, 4.69) is 33.6 Å². The number of benzene rings is 1. The minimum Gasteiger partial charge on any atom is -0.318 e. The van der Waals surface area contributed by atoms with Crippen LogP contribution in [0.2, 0.25) is 0 Å². The third-order valence-electron chi connectivity index (χ3n) is 2.40. The first kappa shape index (κ1) is 9.79. The number of nitrogens with one attached hydrogen (secondary N) is 1. The summed E-state index contributed by atoms with van der Waals surface area (Å²) in [5.74, 6) is 0.516. The van der Waals surface area contributed by atoms with Crippen LogP contribution in [-0.2, 0) is 0 Å². The van der Waals surface area contributed by atoms with E-state index in [-0.39, 0.29) is 6.04 Å². The number of nitrogens with zero attached hydrogens (tertiary/aromatic N) is 3. The highest BCUT2D eigenvalue weighted by molar-refractivity contribution is 5.34. The molecule has 1 aromatic carbocycles. The summed E-state index contributed by atoms with van der Waals surface area (Å²) in [4.78, 5) is 0. The second-order valence-electron chi connectivity index (χ2n) is 3.61. The SMILES string of the molecule is Cc1ccc(C(N)c2nn[nH]n2)c(C)c1. The molecule has 1 heterocycles. The van der Waals surface area contributed by atoms with Crippen molar-refractivity contribution in [2.75, 3.05) is 0 Å². The molecule has 2 rings (SSSR count). The minimum absolute atomic E-state index is 0.315. The summed E-state index contributed by atoms with van der Waals surface area (Å²) in [6, 6.07) is 5.81. The lowest BCUT2D eigenvalue weighted by Crippen LogP contribution is -2.15. The van der Waals surface area contributed by atoms with Gasteiger partial charge in [0.15, 0.2) is 5.82 Å². The number of nitrogens with two attached hydrogens (primary N) is 1. The first-order chi connectivity index (χ1) is 7.18. The van der Waals surface area contributed by atoms with Crippen molar-refractivity contribution in [1.29, 1.82) is 0 Å². The van der Waals surface area contributed by atoms with Gasteiger partial charge in [-0.1, -0.05) is 29.0 Å². The van der Waals surface area contributed by atoms with Gasteiger partial charge in [-0.3, -0.25) is 0 Å². The van der Waals surface area contributed by atoms with Gasteiger partial charge in [-0.05, 0) is 25.0 Å². The summed E-state index contributed by atoms with van der Waals surface area (Å²) in [5.41, 5.74) is 9.42. The van der Waals surface area contributed by atoms with Gasteiger partial charge in [-0.25, -0.2) is 0 Å². The molecule has 0 aliphatic heterocycles. The second-order valence-corrected chi connectivity index (χ2v) is 3.61. The lowest BCUT2D eigenvalue weighted by atomic mass is 9.99. The number of H-pyrrole nitrogens is 1. The van der Waals surface area contributed by atoms with Crippen molar-refractivity contribution in [3.05, 3.63) is 40.7 Å². The summed E-state index contributed by atoms with van der Waals surface area (Å²) < 4.78 is 0. The highest BCUT2D eigenvalue weighted by Gasteiger charge is 2.15. The molecule has 0 bridgehead atoms. The molecule has 0 aliphatic rings. The van der Waals surface area contributed by atoms with Crippen LogP contribution >= 0.6 is 0 Å². The van der Waals surface area contributed by atoms with Crippen LogP contribution in [-0.4, -0.2) is 20.6 Å². The summed E-state index contributed by atoms with van der Waals surface area (Å²) in [6.07, 6.45) is 0. The van der Waals surface area contributed by atoms with E-state index in [0.29, 0.717) is 5.82 Å². The number of rotatable bonds is 2. The zero-order valence-corrected chi connectivity index (χ0v) is 8.73. The second kappa shape index (κ2) is 3.78. The number of aromatic nitrogens is 4. The molecule has 1 unspecified atom stereocenters. The first-order valence-corrected chi connectivity index (χ1v) is 4.74. The number of aryl methyl sites for hydroxylation is 2. The van der Waals surface area contributed by atoms with Crippen LogP contribution < -0.4 is 5.73 Å². The van der Waals surface area contributed by atoms with Gasteiger partial charge in [0.05, 0.1) is 6.04 Å². The Labute approximate surface area is 87.7 Å². The molecule has 0 saturated heterocycles. The largest absolute Gasteiger partial charge is 0.318 e. The van der Waals surface area contributed by atoms with E-state index >= 15 is 0 Å². The van der Waals surface area contributed by atoms with Crippen molar-refractivity contribution in [2.45, 2.75) is 19.9 Å². The molecule has 5 nitrogen and oxygen atoms in total. The molecular weight excluding hydrogens is 190 g/mol. The van der Waals surface area contributed by atoms with E-state index in [9.17, 15) is 0 Å². The summed E-state index contributed by atoms with van der Waals surface area (Å²) in [6.45, 7) is 4.08. The Bertz CT molecular complexity index is 449. The maximum Gasteiger partial charge on any atom is 0.195 e. The van der Waals surface area contributed by atoms with E-state index in [1.165, 1.54) is 5.56 Å². The van der Waals surface area contributed by atoms with Crippen molar-refractivity contribution in [2.24, 2.45) is 5.73 Å². The van der Waals surface area contributed by atoms with E-state index in [4.69, 9.17) is 5.73 Å². The Morgan fingerprint density at radius 2 is 2.13 bits per heavy atom. The zero-order valence-electron chi connectivity index (χ0n) is 8.73. The van der Waals surface area contributed by atoms with Crippen molar-refractivity contribution >= 4 is 0 Å². The minimum atomic E-state index is -0.315. The Morgan fingerprint density at radius 1 is 1.33 bits per heavy atom. The van der Waals surface area contributed by atoms with Crippen LogP contribution in [0.3, 0.4) is 0 Å². The van der Waals surface area contributed by atoms with Gasteiger partial charge in [-0.2, -0.15) is 5.21 Å². The Kier molecular flexibility index (Phi) is 2.47. The van der Waals surface area contributed by atoms with Gasteiger partial charge in [0.2, 0.25) is 0 Å².